The average molecular weight is 305 g/mol. The topological polar surface area (TPSA) is 64.3 Å². The molecule has 0 amide bonds. The Balaban J connectivity index is 1.95. The number of nitrogens with zero attached hydrogens (tertiary/aromatic N) is 3. The minimum Gasteiger partial charge on any atom is -0.287 e. The van der Waals surface area contributed by atoms with E-state index in [-0.39, 0.29) is 23.0 Å². The molecule has 3 aromatic heterocycles. The molecule has 0 aliphatic heterocycles. The molecular weight excluding hydrogens is 298 g/mol. The van der Waals surface area contributed by atoms with Gasteiger partial charge in [0.25, 0.3) is 0 Å². The number of ketones is 2. The summed E-state index contributed by atoms with van der Waals surface area (Å²) in [6.45, 7) is 0. The van der Waals surface area contributed by atoms with E-state index < -0.39 is 0 Å². The van der Waals surface area contributed by atoms with Crippen molar-refractivity contribution < 1.29 is 9.59 Å². The van der Waals surface area contributed by atoms with E-state index in [1.54, 1.807) is 16.5 Å². The highest BCUT2D eigenvalue weighted by molar-refractivity contribution is 7.23. The Hall–Kier alpha value is -2.86. The van der Waals surface area contributed by atoms with Crippen LogP contribution in [0.25, 0.3) is 15.2 Å². The van der Waals surface area contributed by atoms with Gasteiger partial charge in [-0.05, 0) is 24.3 Å². The van der Waals surface area contributed by atoms with Crippen LogP contribution in [0, 0.1) is 0 Å². The Morgan fingerprint density at radius 1 is 0.955 bits per heavy atom. The summed E-state index contributed by atoms with van der Waals surface area (Å²) in [5.41, 5.74) is 1.98. The van der Waals surface area contributed by atoms with Crippen molar-refractivity contribution in [3.8, 4) is 0 Å². The zero-order chi connectivity index (χ0) is 14.8. The number of imidazole rings is 1. The van der Waals surface area contributed by atoms with Crippen molar-refractivity contribution in [2.45, 2.75) is 0 Å². The third-order valence-electron chi connectivity index (χ3n) is 3.85. The van der Waals surface area contributed by atoms with Crippen molar-refractivity contribution >= 4 is 38.1 Å². The summed E-state index contributed by atoms with van der Waals surface area (Å²) in [5, 5.41) is 0. The monoisotopic (exact) mass is 305 g/mol. The molecule has 0 unspecified atom stereocenters. The number of hydrogen-bond acceptors (Lipinski definition) is 5. The summed E-state index contributed by atoms with van der Waals surface area (Å²) in [6, 6.07) is 11.1. The maximum atomic E-state index is 12.8. The molecule has 0 fully saturated rings. The third kappa shape index (κ3) is 1.28. The molecule has 0 saturated heterocycles. The second-order valence-electron chi connectivity index (χ2n) is 5.05. The maximum absolute atomic E-state index is 12.8. The van der Waals surface area contributed by atoms with Gasteiger partial charge in [0.1, 0.15) is 17.1 Å². The Morgan fingerprint density at radius 2 is 1.82 bits per heavy atom. The number of fused-ring (bicyclic) bond motifs is 6. The number of aromatic nitrogens is 3. The third-order valence-corrected chi connectivity index (χ3v) is 4.87. The molecular formula is C16H7N3O2S. The van der Waals surface area contributed by atoms with Gasteiger partial charge in [-0.15, -0.1) is 0 Å². The first-order valence-electron chi connectivity index (χ1n) is 6.70. The molecule has 22 heavy (non-hydrogen) atoms. The van der Waals surface area contributed by atoms with Crippen LogP contribution in [-0.2, 0) is 0 Å². The second kappa shape index (κ2) is 3.86. The smallest absolute Gasteiger partial charge is 0.232 e. The zero-order valence-electron chi connectivity index (χ0n) is 11.1. The van der Waals surface area contributed by atoms with Crippen molar-refractivity contribution in [2.24, 2.45) is 0 Å². The van der Waals surface area contributed by atoms with Gasteiger partial charge in [0.15, 0.2) is 4.96 Å². The largest absolute Gasteiger partial charge is 0.287 e. The van der Waals surface area contributed by atoms with Gasteiger partial charge in [0.2, 0.25) is 11.6 Å². The number of carbonyl (C=O) groups excluding carboxylic acids is 2. The van der Waals surface area contributed by atoms with Gasteiger partial charge in [-0.25, -0.2) is 4.98 Å². The van der Waals surface area contributed by atoms with Gasteiger partial charge in [-0.3, -0.25) is 19.0 Å². The summed E-state index contributed by atoms with van der Waals surface area (Å²) in [4.78, 5) is 34.5. The van der Waals surface area contributed by atoms with E-state index in [0.29, 0.717) is 16.2 Å². The molecule has 1 aliphatic rings. The number of para-hydroxylation sites is 1. The van der Waals surface area contributed by atoms with Crippen molar-refractivity contribution in [3.05, 3.63) is 65.2 Å². The Labute approximate surface area is 127 Å². The van der Waals surface area contributed by atoms with Gasteiger partial charge in [0.05, 0.1) is 15.8 Å². The standard InChI is InChI=1S/C16H7N3O2S/c20-14-8-4-3-7-17-11(8)15(21)12-13(14)19-9-5-1-2-6-10(9)22-16(19)18-12/h1-7H. The normalized spacial score (nSPS) is 13.6. The van der Waals surface area contributed by atoms with Crippen molar-refractivity contribution in [3.63, 3.8) is 0 Å². The van der Waals surface area contributed by atoms with Gasteiger partial charge in [0, 0.05) is 6.20 Å². The van der Waals surface area contributed by atoms with Crippen LogP contribution in [0.4, 0.5) is 0 Å². The van der Waals surface area contributed by atoms with Crippen molar-refractivity contribution in [1.82, 2.24) is 14.4 Å². The van der Waals surface area contributed by atoms with Gasteiger partial charge in [-0.1, -0.05) is 23.5 Å². The van der Waals surface area contributed by atoms with Crippen LogP contribution in [0.1, 0.15) is 32.2 Å². The minimum absolute atomic E-state index is 0.190. The van der Waals surface area contributed by atoms with E-state index in [0.717, 1.165) is 10.2 Å². The average Bonchev–Trinajstić information content (AvgIpc) is 3.08. The number of carbonyl (C=O) groups is 2. The summed E-state index contributed by atoms with van der Waals surface area (Å²) < 4.78 is 2.82. The lowest BCUT2D eigenvalue weighted by Gasteiger charge is -2.12. The summed E-state index contributed by atoms with van der Waals surface area (Å²) in [7, 11) is 0. The maximum Gasteiger partial charge on any atom is 0.232 e. The molecule has 6 heteroatoms. The Bertz CT molecular complexity index is 1120. The van der Waals surface area contributed by atoms with E-state index in [9.17, 15) is 9.59 Å². The first-order chi connectivity index (χ1) is 10.8. The predicted molar refractivity (Wildman–Crippen MR) is 81.7 cm³/mol. The molecule has 4 aromatic rings. The fourth-order valence-electron chi connectivity index (χ4n) is 2.90. The van der Waals surface area contributed by atoms with Crippen molar-refractivity contribution in [1.29, 1.82) is 0 Å². The summed E-state index contributed by atoms with van der Waals surface area (Å²) >= 11 is 1.46. The van der Waals surface area contributed by atoms with E-state index in [2.05, 4.69) is 9.97 Å². The molecule has 0 saturated carbocycles. The number of pyridine rings is 1. The van der Waals surface area contributed by atoms with E-state index in [1.165, 1.54) is 17.5 Å². The highest BCUT2D eigenvalue weighted by Gasteiger charge is 2.36. The SMILES string of the molecule is O=C1c2ncccc2C(=O)c2c1nc1sc3ccccc3n21. The van der Waals surface area contributed by atoms with Crippen LogP contribution in [0.15, 0.2) is 42.6 Å². The molecule has 1 aliphatic carbocycles. The van der Waals surface area contributed by atoms with Crippen molar-refractivity contribution in [2.75, 3.05) is 0 Å². The molecule has 1 aromatic carbocycles. The molecule has 0 N–H and O–H groups in total. The molecule has 0 atom stereocenters. The van der Waals surface area contributed by atoms with Crippen LogP contribution in [-0.4, -0.2) is 25.9 Å². The van der Waals surface area contributed by atoms with E-state index >= 15 is 0 Å². The van der Waals surface area contributed by atoms with Crippen LogP contribution in [0.3, 0.4) is 0 Å². The lowest BCUT2D eigenvalue weighted by atomic mass is 9.94. The predicted octanol–water partition coefficient (Wildman–Crippen LogP) is 2.72. The second-order valence-corrected chi connectivity index (χ2v) is 6.06. The van der Waals surface area contributed by atoms with Crippen LogP contribution in [0.2, 0.25) is 0 Å². The molecule has 0 radical (unpaired) electrons. The van der Waals surface area contributed by atoms with Crippen LogP contribution in [0.5, 0.6) is 0 Å². The lowest BCUT2D eigenvalue weighted by Crippen LogP contribution is -2.23. The molecule has 5 nitrogen and oxygen atoms in total. The quantitative estimate of drug-likeness (QED) is 0.441. The molecule has 0 spiro atoms. The fourth-order valence-corrected chi connectivity index (χ4v) is 3.92. The number of hydrogen-bond donors (Lipinski definition) is 0. The Morgan fingerprint density at radius 3 is 2.73 bits per heavy atom. The van der Waals surface area contributed by atoms with E-state index in [4.69, 9.17) is 0 Å². The van der Waals surface area contributed by atoms with Crippen LogP contribution < -0.4 is 0 Å². The van der Waals surface area contributed by atoms with Gasteiger partial charge >= 0.3 is 0 Å². The summed E-state index contributed by atoms with van der Waals surface area (Å²) in [6.07, 6.45) is 1.52. The van der Waals surface area contributed by atoms with Gasteiger partial charge < -0.3 is 0 Å². The van der Waals surface area contributed by atoms with E-state index in [1.807, 2.05) is 24.3 Å². The van der Waals surface area contributed by atoms with Gasteiger partial charge in [-0.2, -0.15) is 0 Å². The fraction of sp³-hybridized carbons (Fsp3) is 0. The Kier molecular flexibility index (Phi) is 2.07. The van der Waals surface area contributed by atoms with Crippen LogP contribution >= 0.6 is 11.3 Å². The first kappa shape index (κ1) is 11.8. The highest BCUT2D eigenvalue weighted by Crippen LogP contribution is 2.33. The molecule has 3 heterocycles. The number of rotatable bonds is 0. The molecule has 5 rings (SSSR count). The lowest BCUT2D eigenvalue weighted by molar-refractivity contribution is 0.0969. The molecule has 104 valence electrons. The highest BCUT2D eigenvalue weighted by atomic mass is 32.1. The molecule has 0 bridgehead atoms. The first-order valence-corrected chi connectivity index (χ1v) is 7.52. The minimum atomic E-state index is -0.287. The summed E-state index contributed by atoms with van der Waals surface area (Å²) in [5.74, 6) is -0.487. The number of benzene rings is 1. The number of thiazole rings is 1. The zero-order valence-corrected chi connectivity index (χ0v) is 11.9.